The van der Waals surface area contributed by atoms with Crippen molar-refractivity contribution >= 4 is 27.7 Å². The Bertz CT molecular complexity index is 1120. The molecule has 2 heterocycles. The topological polar surface area (TPSA) is 79.5 Å². The van der Waals surface area contributed by atoms with Crippen LogP contribution in [-0.4, -0.2) is 53.9 Å². The molecule has 2 aromatic carbocycles. The van der Waals surface area contributed by atoms with Gasteiger partial charge in [-0.15, -0.1) is 0 Å². The van der Waals surface area contributed by atoms with E-state index in [1.807, 2.05) is 42.5 Å². The van der Waals surface area contributed by atoms with Gasteiger partial charge in [-0.2, -0.15) is 9.29 Å². The summed E-state index contributed by atoms with van der Waals surface area (Å²) in [5.41, 5.74) is 1.62. The molecular weight excluding hydrogens is 424 g/mol. The smallest absolute Gasteiger partial charge is 0.258 e. The maximum absolute atomic E-state index is 12.6. The average molecular weight is 445 g/mol. The van der Waals surface area contributed by atoms with Crippen LogP contribution in [0.5, 0.6) is 0 Å². The molecule has 7 nitrogen and oxygen atoms in total. The molecule has 0 spiro atoms. The van der Waals surface area contributed by atoms with Crippen molar-refractivity contribution in [2.75, 3.05) is 26.2 Å². The van der Waals surface area contributed by atoms with Gasteiger partial charge in [-0.05, 0) is 29.8 Å². The fraction of sp³-hybridized carbons (Fsp3) is 0.238. The molecule has 4 rings (SSSR count). The summed E-state index contributed by atoms with van der Waals surface area (Å²) in [6.07, 6.45) is 1.62. The molecule has 156 valence electrons. The van der Waals surface area contributed by atoms with Gasteiger partial charge in [0.05, 0.1) is 6.54 Å². The van der Waals surface area contributed by atoms with Crippen LogP contribution in [0.15, 0.2) is 64.5 Å². The second-order valence-electron chi connectivity index (χ2n) is 6.96. The van der Waals surface area contributed by atoms with E-state index in [1.165, 1.54) is 9.71 Å². The fourth-order valence-electron chi connectivity index (χ4n) is 3.21. The molecule has 0 bridgehead atoms. The zero-order valence-electron chi connectivity index (χ0n) is 16.2. The SMILES string of the molecule is O=S(=O)(/C=C/c1ccccc1)N1CCN(Cc2noc(-c3cccc(Cl)c3)n2)CC1. The Kier molecular flexibility index (Phi) is 6.29. The average Bonchev–Trinajstić information content (AvgIpc) is 3.22. The van der Waals surface area contributed by atoms with E-state index in [2.05, 4.69) is 15.0 Å². The Morgan fingerprint density at radius 3 is 2.53 bits per heavy atom. The lowest BCUT2D eigenvalue weighted by atomic mass is 10.2. The van der Waals surface area contributed by atoms with E-state index in [1.54, 1.807) is 18.2 Å². The molecule has 1 aliphatic heterocycles. The van der Waals surface area contributed by atoms with Gasteiger partial charge >= 0.3 is 0 Å². The van der Waals surface area contributed by atoms with Crippen LogP contribution in [0.1, 0.15) is 11.4 Å². The number of halogens is 1. The molecule has 1 fully saturated rings. The van der Waals surface area contributed by atoms with Gasteiger partial charge in [0.2, 0.25) is 10.0 Å². The lowest BCUT2D eigenvalue weighted by molar-refractivity contribution is 0.177. The molecule has 0 unspecified atom stereocenters. The van der Waals surface area contributed by atoms with Gasteiger partial charge in [-0.1, -0.05) is 53.2 Å². The quantitative estimate of drug-likeness (QED) is 0.578. The molecular formula is C21H21ClN4O3S. The molecule has 0 radical (unpaired) electrons. The summed E-state index contributed by atoms with van der Waals surface area (Å²) in [5, 5.41) is 5.91. The zero-order valence-corrected chi connectivity index (χ0v) is 17.8. The fourth-order valence-corrected chi connectivity index (χ4v) is 4.58. The first-order valence-corrected chi connectivity index (χ1v) is 11.4. The standard InChI is InChI=1S/C21H21ClN4O3S/c22-19-8-4-7-18(15-19)21-23-20(24-29-21)16-25-10-12-26(13-11-25)30(27,28)14-9-17-5-2-1-3-6-17/h1-9,14-15H,10-13,16H2/b14-9+. The van der Waals surface area contributed by atoms with Crippen molar-refractivity contribution in [3.8, 4) is 11.5 Å². The number of aromatic nitrogens is 2. The van der Waals surface area contributed by atoms with Crippen molar-refractivity contribution in [2.45, 2.75) is 6.54 Å². The maximum Gasteiger partial charge on any atom is 0.258 e. The monoisotopic (exact) mass is 444 g/mol. The van der Waals surface area contributed by atoms with Crippen LogP contribution in [0, 0.1) is 0 Å². The summed E-state index contributed by atoms with van der Waals surface area (Å²) >= 11 is 6.01. The predicted molar refractivity (Wildman–Crippen MR) is 116 cm³/mol. The Hall–Kier alpha value is -2.52. The third kappa shape index (κ3) is 5.14. The van der Waals surface area contributed by atoms with Gasteiger partial charge in [-0.25, -0.2) is 8.42 Å². The molecule has 3 aromatic rings. The van der Waals surface area contributed by atoms with Crippen LogP contribution in [0.2, 0.25) is 5.02 Å². The summed E-state index contributed by atoms with van der Waals surface area (Å²) < 4.78 is 32.0. The van der Waals surface area contributed by atoms with Gasteiger partial charge in [0.25, 0.3) is 5.89 Å². The summed E-state index contributed by atoms with van der Waals surface area (Å²) in [7, 11) is -3.45. The second-order valence-corrected chi connectivity index (χ2v) is 9.21. The van der Waals surface area contributed by atoms with Crippen LogP contribution in [-0.2, 0) is 16.6 Å². The molecule has 9 heteroatoms. The Morgan fingerprint density at radius 2 is 1.80 bits per heavy atom. The Balaban J connectivity index is 1.33. The largest absolute Gasteiger partial charge is 0.334 e. The molecule has 30 heavy (non-hydrogen) atoms. The molecule has 1 aromatic heterocycles. The van der Waals surface area contributed by atoms with Gasteiger partial charge in [0, 0.05) is 42.2 Å². The highest BCUT2D eigenvalue weighted by molar-refractivity contribution is 7.92. The molecule has 0 saturated carbocycles. The highest BCUT2D eigenvalue weighted by Crippen LogP contribution is 2.21. The van der Waals surface area contributed by atoms with E-state index in [9.17, 15) is 8.42 Å². The molecule has 0 atom stereocenters. The van der Waals surface area contributed by atoms with E-state index in [4.69, 9.17) is 16.1 Å². The minimum absolute atomic E-state index is 0.416. The number of hydrogen-bond donors (Lipinski definition) is 0. The van der Waals surface area contributed by atoms with Crippen molar-refractivity contribution < 1.29 is 12.9 Å². The minimum atomic E-state index is -3.45. The molecule has 0 N–H and O–H groups in total. The lowest BCUT2D eigenvalue weighted by Gasteiger charge is -2.32. The van der Waals surface area contributed by atoms with Crippen LogP contribution >= 0.6 is 11.6 Å². The number of hydrogen-bond acceptors (Lipinski definition) is 6. The first-order chi connectivity index (χ1) is 14.5. The number of rotatable bonds is 6. The lowest BCUT2D eigenvalue weighted by Crippen LogP contribution is -2.47. The first kappa shape index (κ1) is 20.7. The van der Waals surface area contributed by atoms with E-state index >= 15 is 0 Å². The first-order valence-electron chi connectivity index (χ1n) is 9.54. The van der Waals surface area contributed by atoms with Crippen molar-refractivity contribution in [1.82, 2.24) is 19.3 Å². The third-order valence-electron chi connectivity index (χ3n) is 4.83. The highest BCUT2D eigenvalue weighted by Gasteiger charge is 2.26. The van der Waals surface area contributed by atoms with Crippen LogP contribution in [0.25, 0.3) is 17.5 Å². The molecule has 0 amide bonds. The van der Waals surface area contributed by atoms with Crippen LogP contribution in [0.4, 0.5) is 0 Å². The van der Waals surface area contributed by atoms with E-state index in [0.717, 1.165) is 11.1 Å². The van der Waals surface area contributed by atoms with Gasteiger partial charge in [0.1, 0.15) is 0 Å². The van der Waals surface area contributed by atoms with E-state index in [-0.39, 0.29) is 0 Å². The number of sulfonamides is 1. The molecule has 1 aliphatic rings. The van der Waals surface area contributed by atoms with Crippen molar-refractivity contribution in [2.24, 2.45) is 0 Å². The number of benzene rings is 2. The van der Waals surface area contributed by atoms with Gasteiger partial charge < -0.3 is 4.52 Å². The third-order valence-corrected chi connectivity index (χ3v) is 6.63. The normalized spacial score (nSPS) is 16.3. The van der Waals surface area contributed by atoms with Crippen LogP contribution < -0.4 is 0 Å². The summed E-state index contributed by atoms with van der Waals surface area (Å²) in [6, 6.07) is 16.6. The van der Waals surface area contributed by atoms with E-state index < -0.39 is 10.0 Å². The van der Waals surface area contributed by atoms with Crippen molar-refractivity contribution in [3.63, 3.8) is 0 Å². The van der Waals surface area contributed by atoms with Crippen molar-refractivity contribution in [1.29, 1.82) is 0 Å². The van der Waals surface area contributed by atoms with Crippen LogP contribution in [0.3, 0.4) is 0 Å². The van der Waals surface area contributed by atoms with Crippen molar-refractivity contribution in [3.05, 3.63) is 76.4 Å². The minimum Gasteiger partial charge on any atom is -0.334 e. The number of piperazine rings is 1. The Labute approximate surface area is 180 Å². The summed E-state index contributed by atoms with van der Waals surface area (Å²) in [4.78, 5) is 6.54. The maximum atomic E-state index is 12.6. The second kappa shape index (κ2) is 9.09. The summed E-state index contributed by atoms with van der Waals surface area (Å²) in [6.45, 7) is 2.53. The Morgan fingerprint density at radius 1 is 1.03 bits per heavy atom. The van der Waals surface area contributed by atoms with Gasteiger partial charge in [-0.3, -0.25) is 4.90 Å². The van der Waals surface area contributed by atoms with E-state index in [0.29, 0.717) is 49.5 Å². The summed E-state index contributed by atoms with van der Waals surface area (Å²) in [5.74, 6) is 0.977. The number of nitrogens with zero attached hydrogens (tertiary/aromatic N) is 4. The molecule has 1 saturated heterocycles. The zero-order chi connectivity index (χ0) is 21.0. The highest BCUT2D eigenvalue weighted by atomic mass is 35.5. The predicted octanol–water partition coefficient (Wildman–Crippen LogP) is 3.51. The molecule has 0 aliphatic carbocycles. The van der Waals surface area contributed by atoms with Gasteiger partial charge in [0.15, 0.2) is 5.82 Å².